The van der Waals surface area contributed by atoms with Crippen LogP contribution in [0.25, 0.3) is 0 Å². The molecule has 88 valence electrons. The van der Waals surface area contributed by atoms with Crippen molar-refractivity contribution in [3.05, 3.63) is 28.2 Å². The van der Waals surface area contributed by atoms with Crippen molar-refractivity contribution in [2.45, 2.75) is 11.3 Å². The number of carbonyl (C=O) groups is 1. The Morgan fingerprint density at radius 2 is 2.06 bits per heavy atom. The maximum Gasteiger partial charge on any atom is 0.327 e. The first-order valence-electron chi connectivity index (χ1n) is 4.37. The molecule has 0 fully saturated rings. The first-order valence-corrected chi connectivity index (χ1v) is 6.11. The quantitative estimate of drug-likeness (QED) is 0.493. The molecule has 0 heterocycles. The summed E-state index contributed by atoms with van der Waals surface area (Å²) in [5, 5.41) is 1.14. The van der Waals surface area contributed by atoms with Crippen LogP contribution in [0.2, 0.25) is 10.0 Å². The second-order valence-corrected chi connectivity index (χ2v) is 4.66. The number of hydrogen-bond donors (Lipinski definition) is 2. The normalized spacial score (nSPS) is 10.2. The fraction of sp³-hybridized carbons (Fsp3) is 0.222. The molecule has 0 unspecified atom stereocenters. The maximum atomic E-state index is 11.0. The number of thioether (sulfide) groups is 1. The van der Waals surface area contributed by atoms with Gasteiger partial charge in [0.15, 0.2) is 0 Å². The highest BCUT2D eigenvalue weighted by molar-refractivity contribution is 7.99. The van der Waals surface area contributed by atoms with Crippen LogP contribution in [0.1, 0.15) is 6.42 Å². The Morgan fingerprint density at radius 3 is 2.62 bits per heavy atom. The molecule has 0 spiro atoms. The van der Waals surface area contributed by atoms with Crippen molar-refractivity contribution in [2.75, 3.05) is 5.75 Å². The number of carbonyl (C=O) groups excluding carboxylic acids is 1. The van der Waals surface area contributed by atoms with Crippen LogP contribution in [0.15, 0.2) is 23.1 Å². The average Bonchev–Trinajstić information content (AvgIpc) is 2.23. The summed E-state index contributed by atoms with van der Waals surface area (Å²) in [7, 11) is 0. The molecule has 4 nitrogen and oxygen atoms in total. The standard InChI is InChI=1S/C9H10Cl2N2O2S/c10-6-2-1-3-7(11)9(6)16-5-4-8(14)15-13-12/h1-3,13H,4-5,12H2. The van der Waals surface area contributed by atoms with Crippen molar-refractivity contribution in [3.8, 4) is 0 Å². The molecule has 1 aromatic carbocycles. The van der Waals surface area contributed by atoms with Crippen molar-refractivity contribution in [1.29, 1.82) is 0 Å². The molecule has 1 aromatic rings. The molecule has 0 saturated heterocycles. The van der Waals surface area contributed by atoms with Crippen LogP contribution in [-0.2, 0) is 9.63 Å². The third-order valence-corrected chi connectivity index (χ3v) is 3.64. The Morgan fingerprint density at radius 1 is 1.44 bits per heavy atom. The maximum absolute atomic E-state index is 11.0. The third kappa shape index (κ3) is 4.19. The minimum atomic E-state index is -0.432. The molecule has 1 rings (SSSR count). The molecule has 16 heavy (non-hydrogen) atoms. The van der Waals surface area contributed by atoms with Crippen molar-refractivity contribution < 1.29 is 9.63 Å². The van der Waals surface area contributed by atoms with E-state index in [1.165, 1.54) is 11.8 Å². The molecular formula is C9H10Cl2N2O2S. The molecular weight excluding hydrogens is 271 g/mol. The van der Waals surface area contributed by atoms with Crippen LogP contribution in [-0.4, -0.2) is 11.7 Å². The van der Waals surface area contributed by atoms with Gasteiger partial charge in [-0.2, -0.15) is 0 Å². The summed E-state index contributed by atoms with van der Waals surface area (Å²) >= 11 is 13.3. The summed E-state index contributed by atoms with van der Waals surface area (Å²) in [5.74, 6) is 4.90. The first-order chi connectivity index (χ1) is 7.65. The molecule has 0 aliphatic carbocycles. The van der Waals surface area contributed by atoms with E-state index >= 15 is 0 Å². The van der Waals surface area contributed by atoms with Gasteiger partial charge in [0.25, 0.3) is 0 Å². The van der Waals surface area contributed by atoms with Crippen LogP contribution in [0, 0.1) is 0 Å². The molecule has 0 aliphatic rings. The molecule has 0 radical (unpaired) electrons. The number of nitrogens with one attached hydrogen (secondary N) is 1. The molecule has 7 heteroatoms. The molecule has 0 aromatic heterocycles. The van der Waals surface area contributed by atoms with Crippen LogP contribution in [0.4, 0.5) is 0 Å². The minimum Gasteiger partial charge on any atom is -0.356 e. The number of benzene rings is 1. The number of nitrogens with two attached hydrogens (primary N) is 1. The lowest BCUT2D eigenvalue weighted by Gasteiger charge is -2.05. The van der Waals surface area contributed by atoms with Gasteiger partial charge in [-0.1, -0.05) is 34.9 Å². The van der Waals surface area contributed by atoms with Gasteiger partial charge in [-0.05, 0) is 12.1 Å². The highest BCUT2D eigenvalue weighted by Crippen LogP contribution is 2.33. The lowest BCUT2D eigenvalue weighted by molar-refractivity contribution is -0.150. The minimum absolute atomic E-state index is 0.219. The van der Waals surface area contributed by atoms with Gasteiger partial charge in [0, 0.05) is 10.6 Å². The Bertz CT molecular complexity index is 356. The van der Waals surface area contributed by atoms with E-state index in [-0.39, 0.29) is 6.42 Å². The van der Waals surface area contributed by atoms with Crippen molar-refractivity contribution >= 4 is 40.9 Å². The van der Waals surface area contributed by atoms with E-state index in [2.05, 4.69) is 4.84 Å². The Hall–Kier alpha value is -0.460. The van der Waals surface area contributed by atoms with Crippen LogP contribution < -0.4 is 11.4 Å². The summed E-state index contributed by atoms with van der Waals surface area (Å²) in [5.41, 5.74) is 1.83. The highest BCUT2D eigenvalue weighted by atomic mass is 35.5. The zero-order valence-electron chi connectivity index (χ0n) is 8.20. The molecule has 3 N–H and O–H groups in total. The predicted molar refractivity (Wildman–Crippen MR) is 65.2 cm³/mol. The van der Waals surface area contributed by atoms with Gasteiger partial charge in [-0.25, -0.2) is 5.84 Å². The fourth-order valence-electron chi connectivity index (χ4n) is 0.974. The summed E-state index contributed by atoms with van der Waals surface area (Å²) < 4.78 is 0. The second-order valence-electron chi connectivity index (χ2n) is 2.74. The predicted octanol–water partition coefficient (Wildman–Crippen LogP) is 2.40. The summed E-state index contributed by atoms with van der Waals surface area (Å²) in [4.78, 5) is 16.1. The highest BCUT2D eigenvalue weighted by Gasteiger charge is 2.08. The van der Waals surface area contributed by atoms with Gasteiger partial charge in [0.2, 0.25) is 0 Å². The topological polar surface area (TPSA) is 64.3 Å². The SMILES string of the molecule is NNOC(=O)CCSc1c(Cl)cccc1Cl. The molecule has 0 bridgehead atoms. The van der Waals surface area contributed by atoms with Crippen LogP contribution >= 0.6 is 35.0 Å². The lowest BCUT2D eigenvalue weighted by Crippen LogP contribution is -2.26. The Balaban J connectivity index is 2.46. The van der Waals surface area contributed by atoms with Gasteiger partial charge in [0.05, 0.1) is 16.5 Å². The summed E-state index contributed by atoms with van der Waals surface area (Å²) in [6, 6.07) is 5.26. The van der Waals surface area contributed by atoms with E-state index in [1.807, 2.05) is 5.59 Å². The van der Waals surface area contributed by atoms with Gasteiger partial charge in [0.1, 0.15) is 0 Å². The Kier molecular flexibility index (Phi) is 5.94. The van der Waals surface area contributed by atoms with Crippen LogP contribution in [0.3, 0.4) is 0 Å². The third-order valence-electron chi connectivity index (χ3n) is 1.64. The molecule has 0 atom stereocenters. The van der Waals surface area contributed by atoms with E-state index in [0.29, 0.717) is 15.8 Å². The second kappa shape index (κ2) is 6.98. The van der Waals surface area contributed by atoms with E-state index in [4.69, 9.17) is 29.0 Å². The Labute approximate surface area is 107 Å². The summed E-state index contributed by atoms with van der Waals surface area (Å²) in [6.45, 7) is 0. The van der Waals surface area contributed by atoms with Crippen molar-refractivity contribution in [1.82, 2.24) is 5.59 Å². The lowest BCUT2D eigenvalue weighted by atomic mass is 10.4. The fourth-order valence-corrected chi connectivity index (χ4v) is 2.58. The zero-order chi connectivity index (χ0) is 12.0. The number of hydrazine groups is 1. The van der Waals surface area contributed by atoms with Gasteiger partial charge in [-0.3, -0.25) is 4.79 Å². The van der Waals surface area contributed by atoms with E-state index in [0.717, 1.165) is 4.90 Å². The molecule has 0 saturated carbocycles. The number of hydrogen-bond acceptors (Lipinski definition) is 5. The smallest absolute Gasteiger partial charge is 0.327 e. The van der Waals surface area contributed by atoms with Gasteiger partial charge in [-0.15, -0.1) is 11.8 Å². The van der Waals surface area contributed by atoms with E-state index in [9.17, 15) is 4.79 Å². The first kappa shape index (κ1) is 13.6. The van der Waals surface area contributed by atoms with Gasteiger partial charge >= 0.3 is 5.97 Å². The van der Waals surface area contributed by atoms with E-state index < -0.39 is 5.97 Å². The number of rotatable bonds is 5. The molecule has 0 aliphatic heterocycles. The summed E-state index contributed by atoms with van der Waals surface area (Å²) in [6.07, 6.45) is 0.219. The largest absolute Gasteiger partial charge is 0.356 e. The average molecular weight is 281 g/mol. The zero-order valence-corrected chi connectivity index (χ0v) is 10.5. The van der Waals surface area contributed by atoms with Crippen molar-refractivity contribution in [3.63, 3.8) is 0 Å². The van der Waals surface area contributed by atoms with Crippen LogP contribution in [0.5, 0.6) is 0 Å². The van der Waals surface area contributed by atoms with Gasteiger partial charge < -0.3 is 4.84 Å². The monoisotopic (exact) mass is 280 g/mol. The number of halogens is 2. The van der Waals surface area contributed by atoms with Crippen molar-refractivity contribution in [2.24, 2.45) is 5.84 Å². The molecule has 0 amide bonds. The van der Waals surface area contributed by atoms with E-state index in [1.54, 1.807) is 18.2 Å².